The van der Waals surface area contributed by atoms with Crippen LogP contribution < -0.4 is 0 Å². The fraction of sp³-hybridized carbons (Fsp3) is 0.846. The first-order valence-corrected chi connectivity index (χ1v) is 7.00. The van der Waals surface area contributed by atoms with Gasteiger partial charge < -0.3 is 19.6 Å². The number of amides is 2. The number of carboxylic acids is 1. The predicted octanol–water partition coefficient (Wildman–Crippen LogP) is 1.02. The topological polar surface area (TPSA) is 70.1 Å². The van der Waals surface area contributed by atoms with Gasteiger partial charge in [-0.1, -0.05) is 0 Å². The number of carbonyl (C=O) groups is 2. The van der Waals surface area contributed by atoms with E-state index in [9.17, 15) is 9.59 Å². The molecule has 0 radical (unpaired) electrons. The molecule has 19 heavy (non-hydrogen) atoms. The van der Waals surface area contributed by atoms with Crippen LogP contribution in [-0.4, -0.2) is 66.3 Å². The fourth-order valence-electron chi connectivity index (χ4n) is 2.71. The monoisotopic (exact) mass is 270 g/mol. The van der Waals surface area contributed by atoms with Crippen LogP contribution in [0.3, 0.4) is 0 Å². The molecule has 6 nitrogen and oxygen atoms in total. The molecule has 0 aromatic heterocycles. The first-order chi connectivity index (χ1) is 9.16. The third-order valence-corrected chi connectivity index (χ3v) is 3.84. The van der Waals surface area contributed by atoms with Crippen LogP contribution in [0.4, 0.5) is 4.79 Å². The van der Waals surface area contributed by atoms with Gasteiger partial charge in [-0.15, -0.1) is 0 Å². The molecule has 0 atom stereocenters. The lowest BCUT2D eigenvalue weighted by molar-refractivity contribution is -0.138. The van der Waals surface area contributed by atoms with Gasteiger partial charge in [0.05, 0.1) is 6.61 Å². The molecular formula is C13H22N2O4. The van der Waals surface area contributed by atoms with Crippen LogP contribution in [0.15, 0.2) is 0 Å². The first-order valence-electron chi connectivity index (χ1n) is 7.00. The largest absolute Gasteiger partial charge is 0.481 e. The van der Waals surface area contributed by atoms with Crippen molar-refractivity contribution in [2.45, 2.75) is 25.7 Å². The highest BCUT2D eigenvalue weighted by Gasteiger charge is 2.27. The van der Waals surface area contributed by atoms with Crippen molar-refractivity contribution in [1.82, 2.24) is 9.80 Å². The maximum atomic E-state index is 12.3. The van der Waals surface area contributed by atoms with Crippen molar-refractivity contribution in [1.29, 1.82) is 0 Å². The molecule has 6 heteroatoms. The van der Waals surface area contributed by atoms with E-state index >= 15 is 0 Å². The molecule has 0 saturated carbocycles. The number of urea groups is 1. The Morgan fingerprint density at radius 3 is 2.42 bits per heavy atom. The molecule has 0 unspecified atom stereocenters. The smallest absolute Gasteiger partial charge is 0.320 e. The van der Waals surface area contributed by atoms with E-state index in [-0.39, 0.29) is 18.4 Å². The average Bonchev–Trinajstić information content (AvgIpc) is 2.67. The second-order valence-corrected chi connectivity index (χ2v) is 5.26. The van der Waals surface area contributed by atoms with Crippen LogP contribution in [0, 0.1) is 5.92 Å². The minimum absolute atomic E-state index is 0.0827. The molecule has 0 bridgehead atoms. The Morgan fingerprint density at radius 2 is 1.74 bits per heavy atom. The van der Waals surface area contributed by atoms with E-state index < -0.39 is 5.97 Å². The van der Waals surface area contributed by atoms with Gasteiger partial charge in [-0.05, 0) is 25.2 Å². The standard InChI is InChI=1S/C13H22N2O4/c16-12(17)10-11-2-5-15(6-3-11)13(18)14-4-1-8-19-9-7-14/h11H,1-10H2,(H,16,17). The quantitative estimate of drug-likeness (QED) is 0.813. The zero-order valence-corrected chi connectivity index (χ0v) is 11.2. The Balaban J connectivity index is 1.79. The second kappa shape index (κ2) is 6.75. The molecule has 2 aliphatic rings. The molecule has 2 aliphatic heterocycles. The first kappa shape index (κ1) is 14.1. The molecule has 0 aromatic carbocycles. The summed E-state index contributed by atoms with van der Waals surface area (Å²) in [6.45, 7) is 4.11. The molecule has 2 saturated heterocycles. The SMILES string of the molecule is O=C(O)CC1CCN(C(=O)N2CCCOCC2)CC1. The van der Waals surface area contributed by atoms with E-state index in [2.05, 4.69) is 0 Å². The summed E-state index contributed by atoms with van der Waals surface area (Å²) in [5.74, 6) is -0.525. The minimum atomic E-state index is -0.741. The van der Waals surface area contributed by atoms with Crippen LogP contribution >= 0.6 is 0 Å². The van der Waals surface area contributed by atoms with Crippen molar-refractivity contribution in [3.63, 3.8) is 0 Å². The van der Waals surface area contributed by atoms with E-state index in [0.29, 0.717) is 26.2 Å². The number of aliphatic carboxylic acids is 1. The molecule has 2 heterocycles. The molecular weight excluding hydrogens is 248 g/mol. The summed E-state index contributed by atoms with van der Waals surface area (Å²) in [5, 5.41) is 8.77. The fourth-order valence-corrected chi connectivity index (χ4v) is 2.71. The molecule has 1 N–H and O–H groups in total. The van der Waals surface area contributed by atoms with Crippen LogP contribution in [0.1, 0.15) is 25.7 Å². The molecule has 0 aliphatic carbocycles. The number of carboxylic acid groups (broad SMARTS) is 1. The van der Waals surface area contributed by atoms with Crippen molar-refractivity contribution in [2.75, 3.05) is 39.4 Å². The van der Waals surface area contributed by atoms with Gasteiger partial charge in [-0.2, -0.15) is 0 Å². The summed E-state index contributed by atoms with van der Waals surface area (Å²) in [6.07, 6.45) is 2.70. The maximum absolute atomic E-state index is 12.3. The summed E-state index contributed by atoms with van der Waals surface area (Å²) >= 11 is 0. The lowest BCUT2D eigenvalue weighted by Crippen LogP contribution is -2.47. The summed E-state index contributed by atoms with van der Waals surface area (Å²) in [4.78, 5) is 26.7. The number of carbonyl (C=O) groups excluding carboxylic acids is 1. The third kappa shape index (κ3) is 4.09. The van der Waals surface area contributed by atoms with Crippen molar-refractivity contribution in [2.24, 2.45) is 5.92 Å². The average molecular weight is 270 g/mol. The normalized spacial score (nSPS) is 22.1. The number of nitrogens with zero attached hydrogens (tertiary/aromatic N) is 2. The number of hydrogen-bond donors (Lipinski definition) is 1. The van der Waals surface area contributed by atoms with Crippen molar-refractivity contribution >= 4 is 12.0 Å². The highest BCUT2D eigenvalue weighted by Crippen LogP contribution is 2.21. The van der Waals surface area contributed by atoms with Gasteiger partial charge >= 0.3 is 12.0 Å². The van der Waals surface area contributed by atoms with E-state index in [1.54, 1.807) is 0 Å². The Bertz CT molecular complexity index is 319. The highest BCUT2D eigenvalue weighted by atomic mass is 16.5. The summed E-state index contributed by atoms with van der Waals surface area (Å²) in [6, 6.07) is 0.0827. The number of piperidine rings is 1. The Kier molecular flexibility index (Phi) is 5.01. The van der Waals surface area contributed by atoms with Gasteiger partial charge in [0.25, 0.3) is 0 Å². The minimum Gasteiger partial charge on any atom is -0.481 e. The second-order valence-electron chi connectivity index (χ2n) is 5.26. The molecule has 2 amide bonds. The lowest BCUT2D eigenvalue weighted by Gasteiger charge is -2.35. The van der Waals surface area contributed by atoms with Gasteiger partial charge in [-0.25, -0.2) is 4.79 Å². The van der Waals surface area contributed by atoms with Crippen molar-refractivity contribution < 1.29 is 19.4 Å². The van der Waals surface area contributed by atoms with E-state index in [0.717, 1.165) is 32.4 Å². The Labute approximate surface area is 113 Å². The van der Waals surface area contributed by atoms with Gasteiger partial charge in [0, 0.05) is 39.2 Å². The zero-order chi connectivity index (χ0) is 13.7. The number of likely N-dealkylation sites (tertiary alicyclic amines) is 1. The van der Waals surface area contributed by atoms with Crippen LogP contribution in [-0.2, 0) is 9.53 Å². The Hall–Kier alpha value is -1.30. The van der Waals surface area contributed by atoms with E-state index in [1.807, 2.05) is 9.80 Å². The Morgan fingerprint density at radius 1 is 1.05 bits per heavy atom. The van der Waals surface area contributed by atoms with Gasteiger partial charge in [-0.3, -0.25) is 4.79 Å². The maximum Gasteiger partial charge on any atom is 0.320 e. The van der Waals surface area contributed by atoms with Crippen LogP contribution in [0.5, 0.6) is 0 Å². The summed E-state index contributed by atoms with van der Waals surface area (Å²) in [7, 11) is 0. The zero-order valence-electron chi connectivity index (χ0n) is 11.2. The van der Waals surface area contributed by atoms with Crippen molar-refractivity contribution in [3.05, 3.63) is 0 Å². The van der Waals surface area contributed by atoms with E-state index in [4.69, 9.17) is 9.84 Å². The lowest BCUT2D eigenvalue weighted by atomic mass is 9.94. The third-order valence-electron chi connectivity index (χ3n) is 3.84. The van der Waals surface area contributed by atoms with Crippen LogP contribution in [0.2, 0.25) is 0 Å². The highest BCUT2D eigenvalue weighted by molar-refractivity contribution is 5.74. The summed E-state index contributed by atoms with van der Waals surface area (Å²) < 4.78 is 5.35. The number of rotatable bonds is 2. The molecule has 0 aromatic rings. The van der Waals surface area contributed by atoms with E-state index in [1.165, 1.54) is 0 Å². The summed E-state index contributed by atoms with van der Waals surface area (Å²) in [5.41, 5.74) is 0. The predicted molar refractivity (Wildman–Crippen MR) is 69.0 cm³/mol. The van der Waals surface area contributed by atoms with Crippen LogP contribution in [0.25, 0.3) is 0 Å². The van der Waals surface area contributed by atoms with Gasteiger partial charge in [0.1, 0.15) is 0 Å². The van der Waals surface area contributed by atoms with Crippen molar-refractivity contribution in [3.8, 4) is 0 Å². The molecule has 2 fully saturated rings. The molecule has 2 rings (SSSR count). The number of hydrogen-bond acceptors (Lipinski definition) is 3. The van der Waals surface area contributed by atoms with Gasteiger partial charge in [0.2, 0.25) is 0 Å². The molecule has 0 spiro atoms. The molecule has 108 valence electrons. The number of ether oxygens (including phenoxy) is 1. The van der Waals surface area contributed by atoms with Gasteiger partial charge in [0.15, 0.2) is 0 Å².